The second kappa shape index (κ2) is 9.07. The van der Waals surface area contributed by atoms with E-state index >= 15 is 0 Å². The van der Waals surface area contributed by atoms with Crippen molar-refractivity contribution in [2.75, 3.05) is 12.4 Å². The van der Waals surface area contributed by atoms with E-state index in [4.69, 9.17) is 4.74 Å². The fraction of sp³-hybridized carbons (Fsp3) is 0.241. The smallest absolute Gasteiger partial charge is 0.225 e. The zero-order valence-electron chi connectivity index (χ0n) is 19.9. The number of hydrogen-bond acceptors (Lipinski definition) is 3. The van der Waals surface area contributed by atoms with Gasteiger partial charge in [0.2, 0.25) is 5.91 Å². The molecule has 1 atom stereocenters. The van der Waals surface area contributed by atoms with Crippen LogP contribution in [0.15, 0.2) is 72.9 Å². The van der Waals surface area contributed by atoms with Gasteiger partial charge in [0.25, 0.3) is 0 Å². The monoisotopic (exact) mass is 438 g/mol. The van der Waals surface area contributed by atoms with Crippen molar-refractivity contribution in [2.45, 2.75) is 39.5 Å². The molecule has 0 saturated carbocycles. The third-order valence-electron chi connectivity index (χ3n) is 6.38. The molecular weight excluding hydrogens is 408 g/mol. The van der Waals surface area contributed by atoms with Gasteiger partial charge in [-0.25, -0.2) is 0 Å². The number of nitrogens with zero attached hydrogens (tertiary/aromatic N) is 1. The van der Waals surface area contributed by atoms with E-state index in [9.17, 15) is 4.79 Å². The summed E-state index contributed by atoms with van der Waals surface area (Å²) in [7, 11) is 1.66. The van der Waals surface area contributed by atoms with E-state index < -0.39 is 5.41 Å². The minimum Gasteiger partial charge on any atom is -0.497 e. The molecule has 4 heteroatoms. The summed E-state index contributed by atoms with van der Waals surface area (Å²) in [5.74, 6) is 0.746. The number of benzene rings is 3. The molecule has 0 spiro atoms. The second-order valence-corrected chi connectivity index (χ2v) is 8.94. The van der Waals surface area contributed by atoms with Crippen molar-refractivity contribution in [1.82, 2.24) is 4.98 Å². The van der Waals surface area contributed by atoms with Gasteiger partial charge in [0, 0.05) is 23.4 Å². The highest BCUT2D eigenvalue weighted by Crippen LogP contribution is 2.40. The molecule has 1 N–H and O–H groups in total. The molecule has 168 valence electrons. The molecule has 4 rings (SSSR count). The molecule has 0 radical (unpaired) electrons. The quantitative estimate of drug-likeness (QED) is 0.374. The Bertz CT molecular complexity index is 1280. The van der Waals surface area contributed by atoms with Crippen LogP contribution in [0, 0.1) is 20.8 Å². The number of para-hydroxylation sites is 1. The predicted octanol–water partition coefficient (Wildman–Crippen LogP) is 6.50. The van der Waals surface area contributed by atoms with Crippen LogP contribution in [0.5, 0.6) is 5.75 Å². The third kappa shape index (κ3) is 4.47. The van der Waals surface area contributed by atoms with Crippen molar-refractivity contribution in [3.05, 3.63) is 101 Å². The van der Waals surface area contributed by atoms with E-state index in [1.165, 1.54) is 22.3 Å². The lowest BCUT2D eigenvalue weighted by atomic mass is 9.70. The van der Waals surface area contributed by atoms with Crippen molar-refractivity contribution < 1.29 is 9.53 Å². The molecule has 0 saturated heterocycles. The zero-order chi connectivity index (χ0) is 23.6. The molecule has 33 heavy (non-hydrogen) atoms. The van der Waals surface area contributed by atoms with Crippen molar-refractivity contribution in [3.63, 3.8) is 0 Å². The number of carbonyl (C=O) groups is 1. The highest BCUT2D eigenvalue weighted by Gasteiger charge is 2.34. The molecule has 1 aromatic heterocycles. The highest BCUT2D eigenvalue weighted by atomic mass is 16.5. The van der Waals surface area contributed by atoms with Crippen molar-refractivity contribution in [2.24, 2.45) is 0 Å². The van der Waals surface area contributed by atoms with Crippen molar-refractivity contribution in [3.8, 4) is 5.75 Å². The lowest BCUT2D eigenvalue weighted by Gasteiger charge is -2.34. The first-order valence-corrected chi connectivity index (χ1v) is 11.2. The van der Waals surface area contributed by atoms with Gasteiger partial charge in [0.05, 0.1) is 18.3 Å². The van der Waals surface area contributed by atoms with Crippen molar-refractivity contribution >= 4 is 22.5 Å². The first-order chi connectivity index (χ1) is 15.8. The van der Waals surface area contributed by atoms with Crippen LogP contribution >= 0.6 is 0 Å². The Morgan fingerprint density at radius 3 is 2.30 bits per heavy atom. The summed E-state index contributed by atoms with van der Waals surface area (Å²) >= 11 is 0. The molecule has 4 aromatic rings. The van der Waals surface area contributed by atoms with Crippen LogP contribution in [-0.4, -0.2) is 18.0 Å². The third-order valence-corrected chi connectivity index (χ3v) is 6.38. The van der Waals surface area contributed by atoms with Gasteiger partial charge >= 0.3 is 0 Å². The summed E-state index contributed by atoms with van der Waals surface area (Å²) < 4.78 is 5.37. The normalized spacial score (nSPS) is 12.9. The van der Waals surface area contributed by atoms with E-state index in [0.717, 1.165) is 27.9 Å². The molecule has 0 fully saturated rings. The number of fused-ring (bicyclic) bond motifs is 1. The molecule has 1 heterocycles. The molecule has 1 unspecified atom stereocenters. The Morgan fingerprint density at radius 2 is 1.64 bits per heavy atom. The second-order valence-electron chi connectivity index (χ2n) is 8.94. The van der Waals surface area contributed by atoms with E-state index in [2.05, 4.69) is 62.3 Å². The SMILES string of the molecule is COc1ccc(C(C)(CC(=O)Nc2cccc3cccnc23)c2c(C)cc(C)cc2C)cc1. The summed E-state index contributed by atoms with van der Waals surface area (Å²) in [6.07, 6.45) is 2.05. The maximum atomic E-state index is 13.5. The molecule has 0 bridgehead atoms. The summed E-state index contributed by atoms with van der Waals surface area (Å²) in [4.78, 5) is 17.9. The van der Waals surface area contributed by atoms with Crippen LogP contribution in [0.4, 0.5) is 5.69 Å². The number of amides is 1. The van der Waals surface area contributed by atoms with E-state index in [0.29, 0.717) is 6.42 Å². The summed E-state index contributed by atoms with van der Waals surface area (Å²) in [5.41, 5.74) is 6.85. The number of aryl methyl sites for hydroxylation is 3. The Kier molecular flexibility index (Phi) is 6.19. The number of pyridine rings is 1. The topological polar surface area (TPSA) is 51.2 Å². The Hall–Kier alpha value is -3.66. The zero-order valence-corrected chi connectivity index (χ0v) is 19.9. The van der Waals surface area contributed by atoms with Gasteiger partial charge in [-0.1, -0.05) is 55.0 Å². The molecule has 4 nitrogen and oxygen atoms in total. The minimum atomic E-state index is -0.518. The lowest BCUT2D eigenvalue weighted by Crippen LogP contribution is -2.32. The van der Waals surface area contributed by atoms with Gasteiger partial charge in [-0.05, 0) is 67.3 Å². The highest BCUT2D eigenvalue weighted by molar-refractivity contribution is 6.00. The Balaban J connectivity index is 1.76. The maximum absolute atomic E-state index is 13.5. The number of anilines is 1. The number of ether oxygens (including phenoxy) is 1. The maximum Gasteiger partial charge on any atom is 0.225 e. The number of methoxy groups -OCH3 is 1. The van der Waals surface area contributed by atoms with Gasteiger partial charge in [-0.15, -0.1) is 0 Å². The van der Waals surface area contributed by atoms with E-state index in [1.807, 2.05) is 42.5 Å². The Morgan fingerprint density at radius 1 is 0.970 bits per heavy atom. The number of aromatic nitrogens is 1. The van der Waals surface area contributed by atoms with Crippen LogP contribution < -0.4 is 10.1 Å². The minimum absolute atomic E-state index is 0.0501. The molecule has 1 amide bonds. The number of nitrogens with one attached hydrogen (secondary N) is 1. The molecular formula is C29H30N2O2. The summed E-state index contributed by atoms with van der Waals surface area (Å²) in [5, 5.41) is 4.13. The van der Waals surface area contributed by atoms with Gasteiger partial charge in [-0.2, -0.15) is 0 Å². The average Bonchev–Trinajstić information content (AvgIpc) is 2.78. The van der Waals surface area contributed by atoms with Crippen LogP contribution in [0.2, 0.25) is 0 Å². The van der Waals surface area contributed by atoms with Crippen LogP contribution in [0.3, 0.4) is 0 Å². The number of carbonyl (C=O) groups excluding carboxylic acids is 1. The summed E-state index contributed by atoms with van der Waals surface area (Å²) in [6.45, 7) is 8.52. The largest absolute Gasteiger partial charge is 0.497 e. The molecule has 0 aliphatic carbocycles. The van der Waals surface area contributed by atoms with E-state index in [-0.39, 0.29) is 5.91 Å². The van der Waals surface area contributed by atoms with Crippen LogP contribution in [0.1, 0.15) is 41.2 Å². The van der Waals surface area contributed by atoms with Crippen LogP contribution in [-0.2, 0) is 10.2 Å². The van der Waals surface area contributed by atoms with Crippen molar-refractivity contribution in [1.29, 1.82) is 0 Å². The van der Waals surface area contributed by atoms with E-state index in [1.54, 1.807) is 13.3 Å². The number of hydrogen-bond donors (Lipinski definition) is 1. The van der Waals surface area contributed by atoms with Gasteiger partial charge in [0.1, 0.15) is 5.75 Å². The standard InChI is InChI=1S/C29H30N2O2/c1-19-16-20(2)27(21(3)17-19)29(4,23-11-13-24(33-5)14-12-23)18-26(32)31-25-10-6-8-22-9-7-15-30-28(22)25/h6-17H,18H2,1-5H3,(H,31,32). The predicted molar refractivity (Wildman–Crippen MR) is 135 cm³/mol. The molecule has 0 aliphatic rings. The van der Waals surface area contributed by atoms with Gasteiger partial charge < -0.3 is 10.1 Å². The first-order valence-electron chi connectivity index (χ1n) is 11.2. The van der Waals surface area contributed by atoms with Crippen LogP contribution in [0.25, 0.3) is 10.9 Å². The van der Waals surface area contributed by atoms with Gasteiger partial charge in [0.15, 0.2) is 0 Å². The van der Waals surface area contributed by atoms with Gasteiger partial charge in [-0.3, -0.25) is 9.78 Å². The fourth-order valence-corrected chi connectivity index (χ4v) is 5.06. The Labute approximate surface area is 195 Å². The molecule has 0 aliphatic heterocycles. The average molecular weight is 439 g/mol. The summed E-state index contributed by atoms with van der Waals surface area (Å²) in [6, 6.07) is 22.2. The lowest BCUT2D eigenvalue weighted by molar-refractivity contribution is -0.117. The fourth-order valence-electron chi connectivity index (χ4n) is 5.06. The number of rotatable bonds is 6. The molecule has 3 aromatic carbocycles. The first kappa shape index (κ1) is 22.5.